The van der Waals surface area contributed by atoms with Crippen molar-refractivity contribution in [1.82, 2.24) is 14.9 Å². The summed E-state index contributed by atoms with van der Waals surface area (Å²) in [6, 6.07) is 0.571. The van der Waals surface area contributed by atoms with Crippen LogP contribution in [0, 0.1) is 0 Å². The zero-order valence-electron chi connectivity index (χ0n) is 9.68. The quantitative estimate of drug-likeness (QED) is 0.807. The van der Waals surface area contributed by atoms with Gasteiger partial charge < -0.3 is 4.74 Å². The van der Waals surface area contributed by atoms with Crippen LogP contribution in [-0.2, 0) is 11.3 Å². The third kappa shape index (κ3) is 2.44. The van der Waals surface area contributed by atoms with E-state index >= 15 is 0 Å². The Hall–Kier alpha value is -0.710. The van der Waals surface area contributed by atoms with Crippen molar-refractivity contribution >= 4 is 11.6 Å². The van der Waals surface area contributed by atoms with Gasteiger partial charge in [-0.15, -0.1) is 0 Å². The van der Waals surface area contributed by atoms with Crippen LogP contribution in [0.5, 0.6) is 0 Å². The Morgan fingerprint density at radius 1 is 1.35 bits per heavy atom. The summed E-state index contributed by atoms with van der Waals surface area (Å²) in [6.07, 6.45) is 7.53. The fourth-order valence-electron chi connectivity index (χ4n) is 2.83. The first-order valence-corrected chi connectivity index (χ1v) is 6.53. The van der Waals surface area contributed by atoms with E-state index in [4.69, 9.17) is 16.3 Å². The third-order valence-electron chi connectivity index (χ3n) is 3.64. The van der Waals surface area contributed by atoms with Crippen molar-refractivity contribution in [2.24, 2.45) is 0 Å². The highest BCUT2D eigenvalue weighted by Gasteiger charge is 2.35. The van der Waals surface area contributed by atoms with Crippen molar-refractivity contribution in [3.8, 4) is 0 Å². The normalized spacial score (nSPS) is 29.2. The standard InChI is InChI=1S/C12H16ClN3O/c13-12-7-14-9(6-15-12)8-16-4-5-17-11-3-1-2-10(11)16/h6-7,10-11H,1-5,8H2. The van der Waals surface area contributed by atoms with Gasteiger partial charge in [-0.1, -0.05) is 11.6 Å². The number of ether oxygens (including phenoxy) is 1. The molecule has 0 N–H and O–H groups in total. The number of aromatic nitrogens is 2. The van der Waals surface area contributed by atoms with Crippen LogP contribution in [0.15, 0.2) is 12.4 Å². The number of morpholine rings is 1. The van der Waals surface area contributed by atoms with E-state index in [1.165, 1.54) is 19.3 Å². The average Bonchev–Trinajstić information content (AvgIpc) is 2.81. The molecular weight excluding hydrogens is 238 g/mol. The van der Waals surface area contributed by atoms with E-state index < -0.39 is 0 Å². The molecule has 17 heavy (non-hydrogen) atoms. The van der Waals surface area contributed by atoms with Gasteiger partial charge in [-0.25, -0.2) is 4.98 Å². The lowest BCUT2D eigenvalue weighted by atomic mass is 10.1. The largest absolute Gasteiger partial charge is 0.375 e. The topological polar surface area (TPSA) is 38.2 Å². The Morgan fingerprint density at radius 3 is 3.12 bits per heavy atom. The highest BCUT2D eigenvalue weighted by atomic mass is 35.5. The molecule has 0 radical (unpaired) electrons. The van der Waals surface area contributed by atoms with Gasteiger partial charge in [0.15, 0.2) is 0 Å². The van der Waals surface area contributed by atoms with E-state index in [9.17, 15) is 0 Å². The molecule has 1 aromatic heterocycles. The van der Waals surface area contributed by atoms with Crippen molar-refractivity contribution in [3.63, 3.8) is 0 Å². The number of halogens is 1. The first-order chi connectivity index (χ1) is 8.33. The van der Waals surface area contributed by atoms with Crippen LogP contribution in [0.25, 0.3) is 0 Å². The van der Waals surface area contributed by atoms with Crippen molar-refractivity contribution in [1.29, 1.82) is 0 Å². The van der Waals surface area contributed by atoms with Gasteiger partial charge in [-0.3, -0.25) is 9.88 Å². The fraction of sp³-hybridized carbons (Fsp3) is 0.667. The van der Waals surface area contributed by atoms with Gasteiger partial charge >= 0.3 is 0 Å². The average molecular weight is 254 g/mol. The van der Waals surface area contributed by atoms with Crippen LogP contribution in [0.1, 0.15) is 25.0 Å². The molecule has 2 unspecified atom stereocenters. The molecule has 0 spiro atoms. The Kier molecular flexibility index (Phi) is 3.27. The molecule has 3 rings (SSSR count). The molecule has 1 aliphatic carbocycles. The molecule has 1 saturated carbocycles. The maximum absolute atomic E-state index is 5.79. The van der Waals surface area contributed by atoms with E-state index in [0.29, 0.717) is 17.3 Å². The van der Waals surface area contributed by atoms with Crippen LogP contribution in [0.4, 0.5) is 0 Å². The smallest absolute Gasteiger partial charge is 0.147 e. The van der Waals surface area contributed by atoms with E-state index in [1.54, 1.807) is 12.4 Å². The second-order valence-electron chi connectivity index (χ2n) is 4.71. The molecule has 5 heteroatoms. The van der Waals surface area contributed by atoms with Crippen molar-refractivity contribution in [3.05, 3.63) is 23.2 Å². The zero-order chi connectivity index (χ0) is 11.7. The summed E-state index contributed by atoms with van der Waals surface area (Å²) in [5.74, 6) is 0. The Morgan fingerprint density at radius 2 is 2.29 bits per heavy atom. The first-order valence-electron chi connectivity index (χ1n) is 6.15. The molecule has 1 aliphatic heterocycles. The second kappa shape index (κ2) is 4.88. The van der Waals surface area contributed by atoms with Gasteiger partial charge in [0.2, 0.25) is 0 Å². The highest BCUT2D eigenvalue weighted by molar-refractivity contribution is 6.29. The van der Waals surface area contributed by atoms with Gasteiger partial charge in [-0.2, -0.15) is 0 Å². The molecule has 1 aromatic rings. The van der Waals surface area contributed by atoms with Crippen molar-refractivity contribution < 1.29 is 4.74 Å². The molecule has 4 nitrogen and oxygen atoms in total. The molecule has 2 heterocycles. The van der Waals surface area contributed by atoms with E-state index in [2.05, 4.69) is 14.9 Å². The minimum Gasteiger partial charge on any atom is -0.375 e. The molecular formula is C12H16ClN3O. The monoisotopic (exact) mass is 253 g/mol. The summed E-state index contributed by atoms with van der Waals surface area (Å²) in [5.41, 5.74) is 0.988. The summed E-state index contributed by atoms with van der Waals surface area (Å²) >= 11 is 5.74. The van der Waals surface area contributed by atoms with Crippen LogP contribution in [0.3, 0.4) is 0 Å². The summed E-state index contributed by atoms with van der Waals surface area (Å²) < 4.78 is 5.79. The van der Waals surface area contributed by atoms with E-state index in [1.807, 2.05) is 0 Å². The van der Waals surface area contributed by atoms with Crippen LogP contribution >= 0.6 is 11.6 Å². The predicted octanol–water partition coefficient (Wildman–Crippen LogP) is 1.88. The Bertz CT molecular complexity index is 384. The van der Waals surface area contributed by atoms with Crippen LogP contribution in [-0.4, -0.2) is 40.2 Å². The lowest BCUT2D eigenvalue weighted by molar-refractivity contribution is -0.0592. The van der Waals surface area contributed by atoms with Gasteiger partial charge in [0, 0.05) is 19.1 Å². The molecule has 2 aliphatic rings. The summed E-state index contributed by atoms with van der Waals surface area (Å²) in [7, 11) is 0. The minimum absolute atomic E-state index is 0.434. The fourth-order valence-corrected chi connectivity index (χ4v) is 2.93. The maximum atomic E-state index is 5.79. The van der Waals surface area contributed by atoms with E-state index in [0.717, 1.165) is 25.4 Å². The van der Waals surface area contributed by atoms with Gasteiger partial charge in [0.25, 0.3) is 0 Å². The maximum Gasteiger partial charge on any atom is 0.147 e. The molecule has 0 aromatic carbocycles. The third-order valence-corrected chi connectivity index (χ3v) is 3.83. The molecule has 1 saturated heterocycles. The summed E-state index contributed by atoms with van der Waals surface area (Å²) in [4.78, 5) is 10.9. The van der Waals surface area contributed by atoms with E-state index in [-0.39, 0.29) is 0 Å². The Labute approximate surface area is 106 Å². The van der Waals surface area contributed by atoms with Gasteiger partial charge in [0.05, 0.1) is 30.8 Å². The summed E-state index contributed by atoms with van der Waals surface area (Å²) in [5, 5.41) is 0.453. The molecule has 2 atom stereocenters. The zero-order valence-corrected chi connectivity index (χ0v) is 10.4. The van der Waals surface area contributed by atoms with Crippen molar-refractivity contribution in [2.45, 2.75) is 38.0 Å². The molecule has 0 amide bonds. The molecule has 92 valence electrons. The number of rotatable bonds is 2. The first kappa shape index (κ1) is 11.4. The number of nitrogens with zero attached hydrogens (tertiary/aromatic N) is 3. The SMILES string of the molecule is Clc1cnc(CN2CCOC3CCCC32)cn1. The summed E-state index contributed by atoms with van der Waals surface area (Å²) in [6.45, 7) is 2.68. The number of fused-ring (bicyclic) bond motifs is 1. The lowest BCUT2D eigenvalue weighted by Crippen LogP contribution is -2.47. The van der Waals surface area contributed by atoms with Gasteiger partial charge in [-0.05, 0) is 19.3 Å². The van der Waals surface area contributed by atoms with Crippen molar-refractivity contribution in [2.75, 3.05) is 13.2 Å². The molecule has 0 bridgehead atoms. The predicted molar refractivity (Wildman–Crippen MR) is 64.8 cm³/mol. The van der Waals surface area contributed by atoms with Crippen LogP contribution in [0.2, 0.25) is 5.15 Å². The number of hydrogen-bond donors (Lipinski definition) is 0. The highest BCUT2D eigenvalue weighted by Crippen LogP contribution is 2.30. The lowest BCUT2D eigenvalue weighted by Gasteiger charge is -2.37. The molecule has 2 fully saturated rings. The Balaban J connectivity index is 1.69. The minimum atomic E-state index is 0.434. The van der Waals surface area contributed by atoms with Gasteiger partial charge in [0.1, 0.15) is 5.15 Å². The van der Waals surface area contributed by atoms with Crippen LogP contribution < -0.4 is 0 Å². The number of hydrogen-bond acceptors (Lipinski definition) is 4. The second-order valence-corrected chi connectivity index (χ2v) is 5.10.